The van der Waals surface area contributed by atoms with Crippen LogP contribution in [0.25, 0.3) is 0 Å². The Morgan fingerprint density at radius 3 is 2.79 bits per heavy atom. The Labute approximate surface area is 110 Å². The third-order valence-corrected chi connectivity index (χ3v) is 2.53. The molecule has 0 radical (unpaired) electrons. The van der Waals surface area contributed by atoms with E-state index in [9.17, 15) is 0 Å². The number of nitrogens with zero attached hydrogens (tertiary/aromatic N) is 3. The highest BCUT2D eigenvalue weighted by molar-refractivity contribution is 6.01. The summed E-state index contributed by atoms with van der Waals surface area (Å²) in [6, 6.07) is 5.96. The summed E-state index contributed by atoms with van der Waals surface area (Å²) in [6.45, 7) is 3.96. The first kappa shape index (κ1) is 13.0. The summed E-state index contributed by atoms with van der Waals surface area (Å²) in [5.41, 5.74) is 11.5. The quantitative estimate of drug-likeness (QED) is 0.493. The third kappa shape index (κ3) is 2.89. The molecular formula is C12H15N5O2. The molecule has 0 bridgehead atoms. The van der Waals surface area contributed by atoms with Crippen molar-refractivity contribution >= 4 is 17.3 Å². The van der Waals surface area contributed by atoms with Crippen LogP contribution in [-0.4, -0.2) is 23.3 Å². The summed E-state index contributed by atoms with van der Waals surface area (Å²) in [5, 5.41) is 7.22. The van der Waals surface area contributed by atoms with Crippen LogP contribution in [0.15, 0.2) is 27.8 Å². The highest BCUT2D eigenvalue weighted by Crippen LogP contribution is 2.21. The molecule has 0 amide bonds. The smallest absolute Gasteiger partial charge is 0.199 e. The van der Waals surface area contributed by atoms with E-state index in [0.717, 1.165) is 16.8 Å². The Balaban J connectivity index is 2.46. The van der Waals surface area contributed by atoms with E-state index in [0.29, 0.717) is 11.5 Å². The Hall–Kier alpha value is -2.41. The number of aromatic nitrogens is 2. The average Bonchev–Trinajstić information content (AvgIpc) is 2.79. The van der Waals surface area contributed by atoms with Gasteiger partial charge in [0.25, 0.3) is 0 Å². The standard InChI is InChI=1S/C12H15N5O2/c1-7-4-5-8(2)9(6-7)14-12(17-18-3)10-11(13)16-19-15-10/h4-6H,1-3H3,(H2,13,16)(H,14,17). The zero-order chi connectivity index (χ0) is 13.8. The van der Waals surface area contributed by atoms with Gasteiger partial charge in [-0.25, -0.2) is 15.1 Å². The third-order valence-electron chi connectivity index (χ3n) is 2.53. The van der Waals surface area contributed by atoms with E-state index in [2.05, 4.69) is 25.4 Å². The van der Waals surface area contributed by atoms with Crippen molar-refractivity contribution < 1.29 is 9.47 Å². The lowest BCUT2D eigenvalue weighted by Gasteiger charge is -2.07. The van der Waals surface area contributed by atoms with Gasteiger partial charge < -0.3 is 5.73 Å². The molecule has 0 aliphatic heterocycles. The van der Waals surface area contributed by atoms with Crippen molar-refractivity contribution in [2.45, 2.75) is 13.8 Å². The van der Waals surface area contributed by atoms with Crippen LogP contribution < -0.4 is 11.2 Å². The highest BCUT2D eigenvalue weighted by atomic mass is 16.6. The number of aryl methyl sites for hydroxylation is 2. The number of hydrogen-bond acceptors (Lipinski definition) is 6. The molecule has 2 aromatic rings. The van der Waals surface area contributed by atoms with E-state index < -0.39 is 0 Å². The second-order valence-electron chi connectivity index (χ2n) is 4.05. The SMILES string of the molecule is CONC(=Nc1cc(C)ccc1C)c1nonc1N. The predicted octanol–water partition coefficient (Wildman–Crippen LogP) is 1.50. The molecule has 2 rings (SSSR count). The van der Waals surface area contributed by atoms with E-state index in [1.54, 1.807) is 0 Å². The molecule has 0 unspecified atom stereocenters. The van der Waals surface area contributed by atoms with Crippen LogP contribution in [0.5, 0.6) is 0 Å². The summed E-state index contributed by atoms with van der Waals surface area (Å²) >= 11 is 0. The van der Waals surface area contributed by atoms with Gasteiger partial charge >= 0.3 is 0 Å². The molecule has 100 valence electrons. The molecule has 0 saturated heterocycles. The number of nitrogens with two attached hydrogens (primary N) is 1. The van der Waals surface area contributed by atoms with Crippen molar-refractivity contribution in [2.24, 2.45) is 4.99 Å². The van der Waals surface area contributed by atoms with Crippen LogP contribution >= 0.6 is 0 Å². The molecule has 1 aromatic carbocycles. The number of nitrogens with one attached hydrogen (secondary N) is 1. The molecule has 1 aromatic heterocycles. The van der Waals surface area contributed by atoms with E-state index in [1.807, 2.05) is 32.0 Å². The van der Waals surface area contributed by atoms with Gasteiger partial charge in [-0.1, -0.05) is 12.1 Å². The first-order valence-corrected chi connectivity index (χ1v) is 5.65. The molecule has 0 atom stereocenters. The molecule has 0 saturated carbocycles. The summed E-state index contributed by atoms with van der Waals surface area (Å²) in [6.07, 6.45) is 0. The topological polar surface area (TPSA) is 98.6 Å². The largest absolute Gasteiger partial charge is 0.379 e. The maximum atomic E-state index is 5.65. The molecule has 3 N–H and O–H groups in total. The van der Waals surface area contributed by atoms with E-state index in [4.69, 9.17) is 10.6 Å². The summed E-state index contributed by atoms with van der Waals surface area (Å²) in [5.74, 6) is 0.489. The van der Waals surface area contributed by atoms with Gasteiger partial charge in [-0.05, 0) is 41.4 Å². The van der Waals surface area contributed by atoms with Gasteiger partial charge in [0.1, 0.15) is 0 Å². The Kier molecular flexibility index (Phi) is 3.76. The van der Waals surface area contributed by atoms with Crippen LogP contribution in [0, 0.1) is 13.8 Å². The number of benzene rings is 1. The van der Waals surface area contributed by atoms with Crippen molar-refractivity contribution in [2.75, 3.05) is 12.8 Å². The van der Waals surface area contributed by atoms with Crippen LogP contribution in [0.1, 0.15) is 16.8 Å². The average molecular weight is 261 g/mol. The maximum Gasteiger partial charge on any atom is 0.199 e. The number of amidine groups is 1. The van der Waals surface area contributed by atoms with Crippen LogP contribution in [0.2, 0.25) is 0 Å². The second-order valence-corrected chi connectivity index (χ2v) is 4.05. The van der Waals surface area contributed by atoms with Gasteiger partial charge in [0.05, 0.1) is 12.8 Å². The van der Waals surface area contributed by atoms with Crippen molar-refractivity contribution in [1.29, 1.82) is 0 Å². The summed E-state index contributed by atoms with van der Waals surface area (Å²) in [4.78, 5) is 9.33. The van der Waals surface area contributed by atoms with E-state index in [-0.39, 0.29) is 5.82 Å². The van der Waals surface area contributed by atoms with Gasteiger partial charge in [-0.3, -0.25) is 4.84 Å². The number of nitrogen functional groups attached to an aromatic ring is 1. The number of hydrogen-bond donors (Lipinski definition) is 2. The zero-order valence-electron chi connectivity index (χ0n) is 11.0. The molecule has 0 spiro atoms. The predicted molar refractivity (Wildman–Crippen MR) is 71.0 cm³/mol. The summed E-state index contributed by atoms with van der Waals surface area (Å²) in [7, 11) is 1.47. The van der Waals surface area contributed by atoms with E-state index >= 15 is 0 Å². The number of hydroxylamine groups is 1. The van der Waals surface area contributed by atoms with Crippen LogP contribution in [0.3, 0.4) is 0 Å². The molecule has 1 heterocycles. The minimum atomic E-state index is 0.147. The molecule has 0 fully saturated rings. The van der Waals surface area contributed by atoms with Crippen molar-refractivity contribution in [3.8, 4) is 0 Å². The number of rotatable bonds is 3. The fraction of sp³-hybridized carbons (Fsp3) is 0.250. The molecule has 19 heavy (non-hydrogen) atoms. The first-order valence-electron chi connectivity index (χ1n) is 5.65. The lowest BCUT2D eigenvalue weighted by molar-refractivity contribution is 0.144. The zero-order valence-corrected chi connectivity index (χ0v) is 11.0. The normalized spacial score (nSPS) is 11.6. The minimum absolute atomic E-state index is 0.147. The van der Waals surface area contributed by atoms with Crippen LogP contribution in [-0.2, 0) is 4.84 Å². The fourth-order valence-electron chi connectivity index (χ4n) is 1.54. The Morgan fingerprint density at radius 1 is 1.37 bits per heavy atom. The molecule has 0 aliphatic carbocycles. The summed E-state index contributed by atoms with van der Waals surface area (Å²) < 4.78 is 4.56. The van der Waals surface area contributed by atoms with Crippen molar-refractivity contribution in [3.05, 3.63) is 35.0 Å². The minimum Gasteiger partial charge on any atom is -0.379 e. The first-order chi connectivity index (χ1) is 9.11. The van der Waals surface area contributed by atoms with Crippen molar-refractivity contribution in [3.63, 3.8) is 0 Å². The van der Waals surface area contributed by atoms with Gasteiger partial charge in [0, 0.05) is 0 Å². The highest BCUT2D eigenvalue weighted by Gasteiger charge is 2.14. The van der Waals surface area contributed by atoms with Gasteiger partial charge in [0.15, 0.2) is 17.3 Å². The maximum absolute atomic E-state index is 5.65. The van der Waals surface area contributed by atoms with Crippen LogP contribution in [0.4, 0.5) is 11.5 Å². The Bertz CT molecular complexity index is 606. The number of aliphatic imine (C=N–C) groups is 1. The van der Waals surface area contributed by atoms with Gasteiger partial charge in [-0.15, -0.1) is 0 Å². The monoisotopic (exact) mass is 261 g/mol. The second kappa shape index (κ2) is 5.49. The fourth-order valence-corrected chi connectivity index (χ4v) is 1.54. The molecule has 7 nitrogen and oxygen atoms in total. The lowest BCUT2D eigenvalue weighted by atomic mass is 10.1. The lowest BCUT2D eigenvalue weighted by Crippen LogP contribution is -2.24. The molecule has 0 aliphatic rings. The van der Waals surface area contributed by atoms with Crippen molar-refractivity contribution in [1.82, 2.24) is 15.8 Å². The van der Waals surface area contributed by atoms with Gasteiger partial charge in [0.2, 0.25) is 0 Å². The number of anilines is 1. The molecular weight excluding hydrogens is 246 g/mol. The van der Waals surface area contributed by atoms with E-state index in [1.165, 1.54) is 7.11 Å². The van der Waals surface area contributed by atoms with Gasteiger partial charge in [-0.2, -0.15) is 0 Å². The Morgan fingerprint density at radius 2 is 2.16 bits per heavy atom. The molecule has 7 heteroatoms.